The van der Waals surface area contributed by atoms with Crippen molar-refractivity contribution in [3.8, 4) is 23.0 Å². The van der Waals surface area contributed by atoms with E-state index >= 15 is 0 Å². The minimum Gasteiger partial charge on any atom is -0.490 e. The number of benzene rings is 1. The third-order valence-corrected chi connectivity index (χ3v) is 6.57. The lowest BCUT2D eigenvalue weighted by Gasteiger charge is -2.21. The van der Waals surface area contributed by atoms with Crippen LogP contribution in [-0.2, 0) is 0 Å². The Morgan fingerprint density at radius 2 is 1.60 bits per heavy atom. The molecule has 3 aromatic rings. The molecule has 2 heterocycles. The Balaban J connectivity index is 1.39. The Morgan fingerprint density at radius 3 is 2.33 bits per heavy atom. The third-order valence-electron chi connectivity index (χ3n) is 6.28. The lowest BCUT2D eigenvalue weighted by molar-refractivity contribution is 0.143. The smallest absolute Gasteiger partial charge is 0.296 e. The predicted molar refractivity (Wildman–Crippen MR) is 119 cm³/mol. The molecule has 2 aliphatic carbocycles. The zero-order valence-corrected chi connectivity index (χ0v) is 18.2. The molecule has 30 heavy (non-hydrogen) atoms. The zero-order valence-electron chi connectivity index (χ0n) is 17.4. The molecule has 0 saturated heterocycles. The van der Waals surface area contributed by atoms with Gasteiger partial charge in [-0.2, -0.15) is 4.98 Å². The number of imidazole rings is 1. The second-order valence-corrected chi connectivity index (χ2v) is 9.02. The van der Waals surface area contributed by atoms with E-state index in [2.05, 4.69) is 23.0 Å². The molecular weight excluding hydrogens is 398 g/mol. The van der Waals surface area contributed by atoms with E-state index in [1.807, 2.05) is 18.2 Å². The van der Waals surface area contributed by atoms with Crippen LogP contribution in [-0.4, -0.2) is 27.2 Å². The quantitative estimate of drug-likeness (QED) is 0.499. The summed E-state index contributed by atoms with van der Waals surface area (Å²) in [5, 5.41) is 0.597. The highest BCUT2D eigenvalue weighted by molar-refractivity contribution is 6.33. The van der Waals surface area contributed by atoms with Crippen LogP contribution in [0.5, 0.6) is 11.8 Å². The van der Waals surface area contributed by atoms with Crippen LogP contribution >= 0.6 is 11.6 Å². The normalized spacial score (nSPS) is 18.2. The molecule has 2 aromatic heterocycles. The zero-order chi connectivity index (χ0) is 20.5. The molecule has 2 saturated carbocycles. The Kier molecular flexibility index (Phi) is 5.55. The Morgan fingerprint density at radius 1 is 0.900 bits per heavy atom. The summed E-state index contributed by atoms with van der Waals surface area (Å²) in [5.41, 5.74) is 4.23. The van der Waals surface area contributed by atoms with Crippen molar-refractivity contribution in [2.24, 2.45) is 0 Å². The lowest BCUT2D eigenvalue weighted by atomic mass is 9.98. The van der Waals surface area contributed by atoms with Crippen molar-refractivity contribution in [2.45, 2.75) is 76.9 Å². The van der Waals surface area contributed by atoms with E-state index in [1.54, 1.807) is 0 Å². The first-order valence-electron chi connectivity index (χ1n) is 11.2. The predicted octanol–water partition coefficient (Wildman–Crippen LogP) is 6.62. The van der Waals surface area contributed by atoms with Crippen molar-refractivity contribution in [2.75, 3.05) is 0 Å². The first-order chi connectivity index (χ1) is 14.7. The van der Waals surface area contributed by atoms with E-state index in [1.165, 1.54) is 32.1 Å². The van der Waals surface area contributed by atoms with Gasteiger partial charge in [-0.1, -0.05) is 18.0 Å². The molecule has 0 amide bonds. The first kappa shape index (κ1) is 19.7. The largest absolute Gasteiger partial charge is 0.490 e. The van der Waals surface area contributed by atoms with Crippen molar-refractivity contribution in [1.82, 2.24) is 15.0 Å². The van der Waals surface area contributed by atoms with Crippen LogP contribution in [0.4, 0.5) is 0 Å². The lowest BCUT2D eigenvalue weighted by Crippen LogP contribution is -2.20. The summed E-state index contributed by atoms with van der Waals surface area (Å²) >= 11 is 6.59. The molecule has 2 aliphatic rings. The van der Waals surface area contributed by atoms with Crippen LogP contribution in [0.2, 0.25) is 5.02 Å². The summed E-state index contributed by atoms with van der Waals surface area (Å²) in [6, 6.07) is 8.58. The number of hydrogen-bond donors (Lipinski definition) is 1. The van der Waals surface area contributed by atoms with Crippen LogP contribution in [0.15, 0.2) is 24.3 Å². The van der Waals surface area contributed by atoms with Crippen LogP contribution < -0.4 is 9.47 Å². The Labute approximate surface area is 182 Å². The number of fused-ring (bicyclic) bond motifs is 1. The van der Waals surface area contributed by atoms with Crippen molar-refractivity contribution in [1.29, 1.82) is 0 Å². The molecule has 0 aliphatic heterocycles. The van der Waals surface area contributed by atoms with Gasteiger partial charge < -0.3 is 14.5 Å². The summed E-state index contributed by atoms with van der Waals surface area (Å²) in [6.07, 6.45) is 11.3. The van der Waals surface area contributed by atoms with E-state index in [4.69, 9.17) is 26.1 Å². The summed E-state index contributed by atoms with van der Waals surface area (Å²) in [6.45, 7) is 2.07. The Hall–Kier alpha value is -2.27. The van der Waals surface area contributed by atoms with Crippen molar-refractivity contribution in [3.63, 3.8) is 0 Å². The molecule has 158 valence electrons. The number of nitrogens with zero attached hydrogens (tertiary/aromatic N) is 2. The minimum atomic E-state index is 0.240. The molecule has 2 fully saturated rings. The minimum absolute atomic E-state index is 0.240. The Bertz CT molecular complexity index is 1040. The summed E-state index contributed by atoms with van der Waals surface area (Å²) in [4.78, 5) is 12.5. The molecule has 5 rings (SSSR count). The fourth-order valence-electron chi connectivity index (χ4n) is 4.61. The number of halogens is 1. The molecule has 0 bridgehead atoms. The van der Waals surface area contributed by atoms with Gasteiger partial charge in [0.05, 0.1) is 22.3 Å². The van der Waals surface area contributed by atoms with Gasteiger partial charge in [-0.05, 0) is 88.1 Å². The van der Waals surface area contributed by atoms with Crippen molar-refractivity contribution in [3.05, 3.63) is 34.9 Å². The number of pyridine rings is 1. The highest BCUT2D eigenvalue weighted by Gasteiger charge is 2.20. The van der Waals surface area contributed by atoms with Gasteiger partial charge in [-0.3, -0.25) is 0 Å². The van der Waals surface area contributed by atoms with E-state index in [-0.39, 0.29) is 6.10 Å². The molecule has 1 aromatic carbocycles. The molecule has 1 N–H and O–H groups in total. The molecule has 0 spiro atoms. The molecule has 0 atom stereocenters. The highest BCUT2D eigenvalue weighted by Crippen LogP contribution is 2.34. The van der Waals surface area contributed by atoms with Gasteiger partial charge in [0.2, 0.25) is 0 Å². The molecule has 6 heteroatoms. The van der Waals surface area contributed by atoms with Crippen LogP contribution in [0.1, 0.15) is 63.4 Å². The van der Waals surface area contributed by atoms with Gasteiger partial charge >= 0.3 is 0 Å². The average Bonchev–Trinajstić information content (AvgIpc) is 3.39. The summed E-state index contributed by atoms with van der Waals surface area (Å²) in [7, 11) is 0. The third kappa shape index (κ3) is 4.13. The number of aromatic amines is 1. The number of H-pyrrole nitrogens is 1. The molecule has 5 nitrogen and oxygen atoms in total. The standard InChI is InChI=1S/C24H28ClN3O2/c1-15-13-16(11-12-21(15)29-17-9-5-6-10-17)22-19(25)14-20-23(27-22)28-24(26-20)30-18-7-3-2-4-8-18/h11-14,17-18H,2-10H2,1H3,(H,26,27,28). The SMILES string of the molecule is Cc1cc(-c2nc3nc(OC4CCCCC4)[nH]c3cc2Cl)ccc1OC1CCCC1. The monoisotopic (exact) mass is 425 g/mol. The maximum absolute atomic E-state index is 6.59. The second kappa shape index (κ2) is 8.46. The van der Waals surface area contributed by atoms with E-state index in [9.17, 15) is 0 Å². The number of ether oxygens (including phenoxy) is 2. The van der Waals surface area contributed by atoms with Gasteiger partial charge in [0.25, 0.3) is 6.01 Å². The number of rotatable bonds is 5. The van der Waals surface area contributed by atoms with Gasteiger partial charge in [0.1, 0.15) is 11.9 Å². The number of aryl methyl sites for hydroxylation is 1. The van der Waals surface area contributed by atoms with Crippen LogP contribution in [0, 0.1) is 6.92 Å². The topological polar surface area (TPSA) is 60.0 Å². The average molecular weight is 426 g/mol. The van der Waals surface area contributed by atoms with E-state index in [0.29, 0.717) is 22.8 Å². The number of nitrogens with one attached hydrogen (secondary N) is 1. The number of aromatic nitrogens is 3. The van der Waals surface area contributed by atoms with E-state index in [0.717, 1.165) is 53.8 Å². The fourth-order valence-corrected chi connectivity index (χ4v) is 4.87. The maximum atomic E-state index is 6.59. The molecular formula is C24H28ClN3O2. The fraction of sp³-hybridized carbons (Fsp3) is 0.500. The first-order valence-corrected chi connectivity index (χ1v) is 11.5. The van der Waals surface area contributed by atoms with Gasteiger partial charge in [-0.15, -0.1) is 0 Å². The highest BCUT2D eigenvalue weighted by atomic mass is 35.5. The van der Waals surface area contributed by atoms with Crippen molar-refractivity contribution >= 4 is 22.8 Å². The van der Waals surface area contributed by atoms with Crippen LogP contribution in [0.25, 0.3) is 22.4 Å². The van der Waals surface area contributed by atoms with Gasteiger partial charge in [-0.25, -0.2) is 4.98 Å². The summed E-state index contributed by atoms with van der Waals surface area (Å²) < 4.78 is 12.2. The molecule has 0 radical (unpaired) electrons. The van der Waals surface area contributed by atoms with Crippen molar-refractivity contribution < 1.29 is 9.47 Å². The van der Waals surface area contributed by atoms with Gasteiger partial charge in [0, 0.05) is 5.56 Å². The summed E-state index contributed by atoms with van der Waals surface area (Å²) in [5.74, 6) is 0.950. The molecule has 0 unspecified atom stereocenters. The van der Waals surface area contributed by atoms with E-state index < -0.39 is 0 Å². The second-order valence-electron chi connectivity index (χ2n) is 8.61. The maximum Gasteiger partial charge on any atom is 0.296 e. The van der Waals surface area contributed by atoms with Crippen LogP contribution in [0.3, 0.4) is 0 Å². The van der Waals surface area contributed by atoms with Gasteiger partial charge in [0.15, 0.2) is 5.65 Å². The number of hydrogen-bond acceptors (Lipinski definition) is 4.